The summed E-state index contributed by atoms with van der Waals surface area (Å²) < 4.78 is 0. The second kappa shape index (κ2) is 18.5. The molecule has 0 atom stereocenters. The van der Waals surface area contributed by atoms with Gasteiger partial charge in [0.15, 0.2) is 0 Å². The van der Waals surface area contributed by atoms with Gasteiger partial charge in [0.25, 0.3) is 0 Å². The first-order valence-electron chi connectivity index (χ1n) is 13.4. The van der Waals surface area contributed by atoms with Gasteiger partial charge in [0.2, 0.25) is 5.91 Å². The molecule has 1 rings (SSSR count). The molecule has 1 amide bonds. The van der Waals surface area contributed by atoms with Crippen molar-refractivity contribution in [2.45, 2.75) is 33.1 Å². The van der Waals surface area contributed by atoms with Crippen LogP contribution in [-0.4, -0.2) is 170 Å². The highest BCUT2D eigenvalue weighted by molar-refractivity contribution is 5.78. The summed E-state index contributed by atoms with van der Waals surface area (Å²) in [6.45, 7) is 12.9. The van der Waals surface area contributed by atoms with Crippen LogP contribution in [0.5, 0.6) is 0 Å². The fourth-order valence-electron chi connectivity index (χ4n) is 4.31. The molecule has 1 heterocycles. The van der Waals surface area contributed by atoms with Crippen LogP contribution in [0, 0.1) is 0 Å². The highest BCUT2D eigenvalue weighted by Gasteiger charge is 2.20. The number of amides is 1. The van der Waals surface area contributed by atoms with Gasteiger partial charge in [-0.1, -0.05) is 20.3 Å². The third-order valence-corrected chi connectivity index (χ3v) is 6.81. The van der Waals surface area contributed by atoms with E-state index in [1.54, 1.807) is 4.90 Å². The number of carboxylic acid groups (broad SMARTS) is 2. The standard InChI is InChI=1S/C25H50N6O5/c1-5-7-9-26(3)10-8-11-27(4)23(32)20-29-14-12-28(6-2)13-15-30(21-24(33)34)18-19-31(17-16-29)22-25(35)36/h5-22H2,1-4H3,(H,33,34)(H,35,36). The molecule has 1 aliphatic rings. The minimum Gasteiger partial charge on any atom is -0.480 e. The van der Waals surface area contributed by atoms with E-state index in [0.717, 1.165) is 45.7 Å². The maximum atomic E-state index is 13.0. The SMILES string of the molecule is CCCCN(C)CCCN(C)C(=O)CN1CCN(CC)CCN(CC(=O)O)CCN(CC(=O)O)CC1. The molecule has 11 nitrogen and oxygen atoms in total. The Kier molecular flexibility index (Phi) is 16.5. The van der Waals surface area contributed by atoms with E-state index < -0.39 is 11.9 Å². The summed E-state index contributed by atoms with van der Waals surface area (Å²) in [7, 11) is 3.98. The van der Waals surface area contributed by atoms with E-state index in [4.69, 9.17) is 0 Å². The number of hydrogen-bond acceptors (Lipinski definition) is 8. The summed E-state index contributed by atoms with van der Waals surface area (Å²) in [6.07, 6.45) is 3.30. The molecule has 1 saturated heterocycles. The van der Waals surface area contributed by atoms with Gasteiger partial charge in [0, 0.05) is 66.0 Å². The van der Waals surface area contributed by atoms with Crippen LogP contribution in [0.1, 0.15) is 33.1 Å². The molecule has 11 heteroatoms. The molecule has 0 bridgehead atoms. The maximum absolute atomic E-state index is 13.0. The molecule has 1 fully saturated rings. The van der Waals surface area contributed by atoms with Crippen molar-refractivity contribution in [3.05, 3.63) is 0 Å². The number of hydrogen-bond donors (Lipinski definition) is 2. The Bertz CT molecular complexity index is 652. The predicted molar refractivity (Wildman–Crippen MR) is 141 cm³/mol. The first-order chi connectivity index (χ1) is 17.1. The van der Waals surface area contributed by atoms with Crippen LogP contribution in [0.25, 0.3) is 0 Å². The lowest BCUT2D eigenvalue weighted by molar-refractivity contribution is -0.140. The molecule has 0 spiro atoms. The maximum Gasteiger partial charge on any atom is 0.317 e. The second-order valence-corrected chi connectivity index (χ2v) is 9.88. The summed E-state index contributed by atoms with van der Waals surface area (Å²) in [5.74, 6) is -1.70. The van der Waals surface area contributed by atoms with Gasteiger partial charge in [-0.25, -0.2) is 0 Å². The molecule has 0 aliphatic carbocycles. The molecule has 1 aliphatic heterocycles. The number of aliphatic carboxylic acids is 2. The highest BCUT2D eigenvalue weighted by atomic mass is 16.4. The van der Waals surface area contributed by atoms with E-state index in [1.807, 2.05) is 16.8 Å². The molecule has 0 radical (unpaired) electrons. The van der Waals surface area contributed by atoms with Gasteiger partial charge >= 0.3 is 11.9 Å². The molecule has 0 aromatic heterocycles. The third-order valence-electron chi connectivity index (χ3n) is 6.81. The van der Waals surface area contributed by atoms with E-state index in [2.05, 4.69) is 35.6 Å². The predicted octanol–water partition coefficient (Wildman–Crippen LogP) is -0.0225. The van der Waals surface area contributed by atoms with Gasteiger partial charge < -0.3 is 24.9 Å². The zero-order valence-electron chi connectivity index (χ0n) is 23.0. The molecule has 0 aromatic rings. The second-order valence-electron chi connectivity index (χ2n) is 9.88. The molecule has 36 heavy (non-hydrogen) atoms. The van der Waals surface area contributed by atoms with E-state index in [1.165, 1.54) is 12.8 Å². The molecular weight excluding hydrogens is 464 g/mol. The van der Waals surface area contributed by atoms with Gasteiger partial charge in [-0.05, 0) is 39.5 Å². The Hall–Kier alpha value is -1.79. The monoisotopic (exact) mass is 514 g/mol. The largest absolute Gasteiger partial charge is 0.480 e. The van der Waals surface area contributed by atoms with Crippen molar-refractivity contribution in [3.8, 4) is 0 Å². The van der Waals surface area contributed by atoms with Crippen LogP contribution < -0.4 is 0 Å². The molecule has 210 valence electrons. The van der Waals surface area contributed by atoms with Crippen LogP contribution in [-0.2, 0) is 14.4 Å². The summed E-state index contributed by atoms with van der Waals surface area (Å²) in [5, 5.41) is 18.6. The summed E-state index contributed by atoms with van der Waals surface area (Å²) >= 11 is 0. The summed E-state index contributed by atoms with van der Waals surface area (Å²) in [5.41, 5.74) is 0. The van der Waals surface area contributed by atoms with E-state index in [-0.39, 0.29) is 19.0 Å². The Balaban J connectivity index is 2.73. The number of likely N-dealkylation sites (N-methyl/N-ethyl adjacent to an activating group) is 2. The average Bonchev–Trinajstić information content (AvgIpc) is 2.81. The lowest BCUT2D eigenvalue weighted by Gasteiger charge is -2.33. The number of carbonyl (C=O) groups excluding carboxylic acids is 1. The average molecular weight is 515 g/mol. The number of rotatable bonds is 14. The molecular formula is C25H50N6O5. The lowest BCUT2D eigenvalue weighted by Crippen LogP contribution is -2.49. The number of carbonyl (C=O) groups is 3. The summed E-state index contributed by atoms with van der Waals surface area (Å²) in [4.78, 5) is 47.9. The number of unbranched alkanes of at least 4 members (excludes halogenated alkanes) is 1. The quantitative estimate of drug-likeness (QED) is 0.328. The van der Waals surface area contributed by atoms with Crippen molar-refractivity contribution in [2.75, 3.05) is 112 Å². The van der Waals surface area contributed by atoms with Gasteiger partial charge in [0.1, 0.15) is 0 Å². The van der Waals surface area contributed by atoms with E-state index in [9.17, 15) is 24.6 Å². The van der Waals surface area contributed by atoms with Crippen molar-refractivity contribution in [2.24, 2.45) is 0 Å². The van der Waals surface area contributed by atoms with Gasteiger partial charge in [-0.15, -0.1) is 0 Å². The third kappa shape index (κ3) is 14.7. The van der Waals surface area contributed by atoms with Crippen molar-refractivity contribution in [3.63, 3.8) is 0 Å². The van der Waals surface area contributed by atoms with Crippen molar-refractivity contribution in [1.82, 2.24) is 29.4 Å². The van der Waals surface area contributed by atoms with Crippen LogP contribution in [0.3, 0.4) is 0 Å². The lowest BCUT2D eigenvalue weighted by atomic mass is 10.3. The Morgan fingerprint density at radius 2 is 1.06 bits per heavy atom. The van der Waals surface area contributed by atoms with Crippen molar-refractivity contribution >= 4 is 17.8 Å². The number of nitrogens with zero attached hydrogens (tertiary/aromatic N) is 6. The van der Waals surface area contributed by atoms with Gasteiger partial charge in [-0.3, -0.25) is 29.1 Å². The van der Waals surface area contributed by atoms with Gasteiger partial charge in [-0.2, -0.15) is 0 Å². The fraction of sp³-hybridized carbons (Fsp3) is 0.880. The minimum absolute atomic E-state index is 0.0557. The van der Waals surface area contributed by atoms with Crippen LogP contribution >= 0.6 is 0 Å². The van der Waals surface area contributed by atoms with E-state index in [0.29, 0.717) is 45.8 Å². The summed E-state index contributed by atoms with van der Waals surface area (Å²) in [6, 6.07) is 0. The molecule has 0 saturated carbocycles. The van der Waals surface area contributed by atoms with Crippen molar-refractivity contribution < 1.29 is 24.6 Å². The zero-order valence-corrected chi connectivity index (χ0v) is 23.0. The van der Waals surface area contributed by atoms with E-state index >= 15 is 0 Å². The number of carboxylic acids is 2. The normalized spacial score (nSPS) is 18.0. The smallest absolute Gasteiger partial charge is 0.317 e. The first-order valence-corrected chi connectivity index (χ1v) is 13.4. The topological polar surface area (TPSA) is 111 Å². The van der Waals surface area contributed by atoms with Crippen LogP contribution in [0.15, 0.2) is 0 Å². The zero-order chi connectivity index (χ0) is 26.9. The van der Waals surface area contributed by atoms with Gasteiger partial charge in [0.05, 0.1) is 19.6 Å². The molecule has 2 N–H and O–H groups in total. The Labute approximate surface area is 217 Å². The first kappa shape index (κ1) is 32.2. The fourth-order valence-corrected chi connectivity index (χ4v) is 4.31. The minimum atomic E-state index is -0.907. The Morgan fingerprint density at radius 1 is 0.639 bits per heavy atom. The van der Waals surface area contributed by atoms with Crippen LogP contribution in [0.2, 0.25) is 0 Å². The Morgan fingerprint density at radius 3 is 1.47 bits per heavy atom. The van der Waals surface area contributed by atoms with Crippen LogP contribution in [0.4, 0.5) is 0 Å². The van der Waals surface area contributed by atoms with Crippen molar-refractivity contribution in [1.29, 1.82) is 0 Å². The highest BCUT2D eigenvalue weighted by Crippen LogP contribution is 2.03. The molecule has 0 unspecified atom stereocenters. The molecule has 0 aromatic carbocycles.